The largest absolute Gasteiger partial charge is 0.478 e. The first kappa shape index (κ1) is 10.4. The maximum atomic E-state index is 12.7. The van der Waals surface area contributed by atoms with Crippen LogP contribution in [-0.2, 0) is 4.79 Å². The van der Waals surface area contributed by atoms with Crippen LogP contribution in [0, 0.1) is 11.6 Å². The molecule has 0 saturated carbocycles. The van der Waals surface area contributed by atoms with Gasteiger partial charge in [0.05, 0.1) is 0 Å². The maximum absolute atomic E-state index is 12.7. The van der Waals surface area contributed by atoms with Gasteiger partial charge in [0, 0.05) is 6.08 Å². The Kier molecular flexibility index (Phi) is 2.96. The van der Waals surface area contributed by atoms with Gasteiger partial charge in [-0.25, -0.2) is 13.6 Å². The van der Waals surface area contributed by atoms with Crippen molar-refractivity contribution in [2.75, 3.05) is 0 Å². The third kappa shape index (κ3) is 2.39. The van der Waals surface area contributed by atoms with Crippen LogP contribution in [0.15, 0.2) is 24.3 Å². The Morgan fingerprint density at radius 3 is 2.50 bits per heavy atom. The van der Waals surface area contributed by atoms with Crippen LogP contribution < -0.4 is 0 Å². The van der Waals surface area contributed by atoms with Crippen LogP contribution in [0.1, 0.15) is 12.5 Å². The summed E-state index contributed by atoms with van der Waals surface area (Å²) in [5, 5.41) is 8.42. The average molecular weight is 198 g/mol. The lowest BCUT2D eigenvalue weighted by Gasteiger charge is -2.00. The highest BCUT2D eigenvalue weighted by Gasteiger charge is 2.04. The molecular formula is C10H8F2O2. The van der Waals surface area contributed by atoms with Crippen molar-refractivity contribution in [3.8, 4) is 0 Å². The quantitative estimate of drug-likeness (QED) is 0.741. The molecule has 1 aromatic rings. The second-order valence-electron chi connectivity index (χ2n) is 2.79. The predicted octanol–water partition coefficient (Wildman–Crippen LogP) is 2.45. The van der Waals surface area contributed by atoms with Gasteiger partial charge in [-0.1, -0.05) is 6.07 Å². The van der Waals surface area contributed by atoms with Crippen molar-refractivity contribution < 1.29 is 18.7 Å². The Balaban J connectivity index is 3.09. The van der Waals surface area contributed by atoms with Gasteiger partial charge in [0.25, 0.3) is 0 Å². The molecule has 0 amide bonds. The molecule has 14 heavy (non-hydrogen) atoms. The van der Waals surface area contributed by atoms with Crippen molar-refractivity contribution in [3.63, 3.8) is 0 Å². The predicted molar refractivity (Wildman–Crippen MR) is 47.6 cm³/mol. The fourth-order valence-electron chi connectivity index (χ4n) is 1.01. The van der Waals surface area contributed by atoms with E-state index >= 15 is 0 Å². The number of rotatable bonds is 2. The number of hydrogen-bond donors (Lipinski definition) is 1. The van der Waals surface area contributed by atoms with E-state index in [4.69, 9.17) is 5.11 Å². The first-order valence-corrected chi connectivity index (χ1v) is 3.87. The molecule has 1 N–H and O–H groups in total. The number of allylic oxidation sites excluding steroid dienone is 1. The van der Waals surface area contributed by atoms with E-state index in [2.05, 4.69) is 0 Å². The molecule has 0 aliphatic carbocycles. The standard InChI is InChI=1S/C10H8F2O2/c1-6(4-10(13)14)7-2-3-8(11)9(12)5-7/h2-5H,1H3,(H,13,14)/b6-4+. The number of carbonyl (C=O) groups is 1. The number of benzene rings is 1. The molecule has 2 nitrogen and oxygen atoms in total. The van der Waals surface area contributed by atoms with Crippen molar-refractivity contribution in [3.05, 3.63) is 41.5 Å². The highest BCUT2D eigenvalue weighted by atomic mass is 19.2. The van der Waals surface area contributed by atoms with Crippen LogP contribution in [0.5, 0.6) is 0 Å². The van der Waals surface area contributed by atoms with Crippen molar-refractivity contribution >= 4 is 11.5 Å². The summed E-state index contributed by atoms with van der Waals surface area (Å²) in [4.78, 5) is 10.3. The van der Waals surface area contributed by atoms with Crippen LogP contribution in [-0.4, -0.2) is 11.1 Å². The van der Waals surface area contributed by atoms with Crippen LogP contribution in [0.3, 0.4) is 0 Å². The molecule has 0 atom stereocenters. The summed E-state index contributed by atoms with van der Waals surface area (Å²) in [6.07, 6.45) is 0.937. The third-order valence-corrected chi connectivity index (χ3v) is 1.71. The van der Waals surface area contributed by atoms with Gasteiger partial charge < -0.3 is 5.11 Å². The highest BCUT2D eigenvalue weighted by molar-refractivity contribution is 5.89. The van der Waals surface area contributed by atoms with Gasteiger partial charge in [-0.05, 0) is 30.2 Å². The Bertz CT molecular complexity index is 397. The van der Waals surface area contributed by atoms with Crippen molar-refractivity contribution in [1.29, 1.82) is 0 Å². The van der Waals surface area contributed by atoms with Gasteiger partial charge in [-0.15, -0.1) is 0 Å². The fraction of sp³-hybridized carbons (Fsp3) is 0.100. The van der Waals surface area contributed by atoms with E-state index in [-0.39, 0.29) is 0 Å². The molecule has 0 bridgehead atoms. The van der Waals surface area contributed by atoms with E-state index < -0.39 is 17.6 Å². The maximum Gasteiger partial charge on any atom is 0.328 e. The zero-order valence-corrected chi connectivity index (χ0v) is 7.42. The Hall–Kier alpha value is -1.71. The molecule has 0 unspecified atom stereocenters. The molecule has 0 aliphatic heterocycles. The number of carboxylic acid groups (broad SMARTS) is 1. The molecule has 0 aliphatic rings. The molecule has 74 valence electrons. The first-order chi connectivity index (χ1) is 6.50. The molecule has 0 aromatic heterocycles. The van der Waals surface area contributed by atoms with Crippen molar-refractivity contribution in [1.82, 2.24) is 0 Å². The van der Waals surface area contributed by atoms with E-state index in [1.54, 1.807) is 0 Å². The monoisotopic (exact) mass is 198 g/mol. The van der Waals surface area contributed by atoms with Crippen molar-refractivity contribution in [2.45, 2.75) is 6.92 Å². The van der Waals surface area contributed by atoms with Crippen LogP contribution >= 0.6 is 0 Å². The van der Waals surface area contributed by atoms with Crippen LogP contribution in [0.25, 0.3) is 5.57 Å². The van der Waals surface area contributed by atoms with Crippen molar-refractivity contribution in [2.24, 2.45) is 0 Å². The molecule has 1 rings (SSSR count). The van der Waals surface area contributed by atoms with E-state index in [0.717, 1.165) is 18.2 Å². The second kappa shape index (κ2) is 4.00. The fourth-order valence-corrected chi connectivity index (χ4v) is 1.01. The SMILES string of the molecule is C/C(=C\C(=O)O)c1ccc(F)c(F)c1. The number of hydrogen-bond acceptors (Lipinski definition) is 1. The van der Waals surface area contributed by atoms with Gasteiger partial charge in [0.1, 0.15) is 0 Å². The van der Waals surface area contributed by atoms with E-state index in [0.29, 0.717) is 11.1 Å². The summed E-state index contributed by atoms with van der Waals surface area (Å²) >= 11 is 0. The van der Waals surface area contributed by atoms with Crippen LogP contribution in [0.4, 0.5) is 8.78 Å². The number of carboxylic acids is 1. The molecule has 0 saturated heterocycles. The molecule has 0 spiro atoms. The molecule has 0 heterocycles. The lowest BCUT2D eigenvalue weighted by atomic mass is 10.1. The topological polar surface area (TPSA) is 37.3 Å². The summed E-state index contributed by atoms with van der Waals surface area (Å²) in [5.41, 5.74) is 0.725. The summed E-state index contributed by atoms with van der Waals surface area (Å²) < 4.78 is 25.2. The minimum Gasteiger partial charge on any atom is -0.478 e. The highest BCUT2D eigenvalue weighted by Crippen LogP contribution is 2.16. The zero-order chi connectivity index (χ0) is 10.7. The number of aliphatic carboxylic acids is 1. The number of halogens is 2. The van der Waals surface area contributed by atoms with Gasteiger partial charge >= 0.3 is 5.97 Å². The third-order valence-electron chi connectivity index (χ3n) is 1.71. The Labute approximate surface area is 79.5 Å². The smallest absolute Gasteiger partial charge is 0.328 e. The van der Waals surface area contributed by atoms with E-state index in [9.17, 15) is 13.6 Å². The minimum atomic E-state index is -1.12. The van der Waals surface area contributed by atoms with E-state index in [1.807, 2.05) is 0 Å². The van der Waals surface area contributed by atoms with E-state index in [1.165, 1.54) is 13.0 Å². The zero-order valence-electron chi connectivity index (χ0n) is 7.42. The molecule has 0 radical (unpaired) electrons. The second-order valence-corrected chi connectivity index (χ2v) is 2.79. The first-order valence-electron chi connectivity index (χ1n) is 3.87. The van der Waals surface area contributed by atoms with Crippen LogP contribution in [0.2, 0.25) is 0 Å². The van der Waals surface area contributed by atoms with Gasteiger partial charge in [-0.2, -0.15) is 0 Å². The Morgan fingerprint density at radius 2 is 2.00 bits per heavy atom. The van der Waals surface area contributed by atoms with Gasteiger partial charge in [0.2, 0.25) is 0 Å². The summed E-state index contributed by atoms with van der Waals surface area (Å²) in [5.74, 6) is -3.05. The summed E-state index contributed by atoms with van der Waals surface area (Å²) in [6, 6.07) is 3.25. The minimum absolute atomic E-state index is 0.353. The lowest BCUT2D eigenvalue weighted by molar-refractivity contribution is -0.131. The Morgan fingerprint density at radius 1 is 1.36 bits per heavy atom. The normalized spacial score (nSPS) is 11.5. The summed E-state index contributed by atoms with van der Waals surface area (Å²) in [7, 11) is 0. The summed E-state index contributed by atoms with van der Waals surface area (Å²) in [6.45, 7) is 1.51. The molecule has 1 aromatic carbocycles. The average Bonchev–Trinajstić information content (AvgIpc) is 2.08. The molecule has 0 fully saturated rings. The van der Waals surface area contributed by atoms with Gasteiger partial charge in [-0.3, -0.25) is 0 Å². The molecule has 4 heteroatoms. The van der Waals surface area contributed by atoms with Gasteiger partial charge in [0.15, 0.2) is 11.6 Å². The lowest BCUT2D eigenvalue weighted by Crippen LogP contribution is -1.91. The molecular weight excluding hydrogens is 190 g/mol.